The molecule has 27 heavy (non-hydrogen) atoms. The van der Waals surface area contributed by atoms with Crippen molar-refractivity contribution in [2.24, 2.45) is 12.5 Å². The van der Waals surface area contributed by atoms with Crippen molar-refractivity contribution < 1.29 is 0 Å². The van der Waals surface area contributed by atoms with E-state index in [1.54, 1.807) is 16.4 Å². The van der Waals surface area contributed by atoms with E-state index in [-0.39, 0.29) is 27.9 Å². The van der Waals surface area contributed by atoms with E-state index in [1.807, 2.05) is 36.4 Å². The normalized spacial score (nSPS) is 26.8. The second-order valence-corrected chi connectivity index (χ2v) is 8.42. The van der Waals surface area contributed by atoms with Crippen LogP contribution in [0.15, 0.2) is 70.3 Å². The van der Waals surface area contributed by atoms with Gasteiger partial charge in [-0.25, -0.2) is 23.5 Å². The molecule has 2 aliphatic rings. The van der Waals surface area contributed by atoms with Crippen LogP contribution in [0.25, 0.3) is 0 Å². The maximum absolute atomic E-state index is 12.9. The molecule has 1 aliphatic heterocycles. The molecule has 2 atom stereocenters. The Morgan fingerprint density at radius 1 is 0.704 bits per heavy atom. The maximum Gasteiger partial charge on any atom is 0.347 e. The monoisotopic (exact) mass is 361 g/mol. The molecule has 0 amide bonds. The lowest BCUT2D eigenvalue weighted by Crippen LogP contribution is -2.57. The van der Waals surface area contributed by atoms with Gasteiger partial charge in [0.2, 0.25) is 0 Å². The Morgan fingerprint density at radius 3 is 1.44 bits per heavy atom. The van der Waals surface area contributed by atoms with Gasteiger partial charge in [0.05, 0.1) is 0 Å². The quantitative estimate of drug-likeness (QED) is 0.716. The highest BCUT2D eigenvalue weighted by molar-refractivity contribution is 5.44. The molecule has 0 radical (unpaired) electrons. The van der Waals surface area contributed by atoms with Crippen molar-refractivity contribution in [2.45, 2.75) is 37.8 Å². The molecule has 1 aliphatic carbocycles. The summed E-state index contributed by atoms with van der Waals surface area (Å²) in [5, 5.41) is 0. The van der Waals surface area contributed by atoms with E-state index in [4.69, 9.17) is 0 Å². The fourth-order valence-electron chi connectivity index (χ4n) is 5.72. The van der Waals surface area contributed by atoms with Crippen molar-refractivity contribution >= 4 is 0 Å². The molecule has 138 valence electrons. The molecule has 1 fully saturated rings. The van der Waals surface area contributed by atoms with Crippen LogP contribution in [0.3, 0.4) is 0 Å². The number of rotatable bonds is 4. The minimum atomic E-state index is -0.380. The van der Waals surface area contributed by atoms with E-state index in [1.165, 1.54) is 15.7 Å². The molecular weight excluding hydrogens is 338 g/mol. The van der Waals surface area contributed by atoms with E-state index >= 15 is 0 Å². The third-order valence-electron chi connectivity index (χ3n) is 7.15. The second-order valence-electron chi connectivity index (χ2n) is 8.42. The topological polar surface area (TPSA) is 48.9 Å². The summed E-state index contributed by atoms with van der Waals surface area (Å²) in [7, 11) is 1.57. The van der Waals surface area contributed by atoms with E-state index in [9.17, 15) is 9.59 Å². The van der Waals surface area contributed by atoms with Gasteiger partial charge < -0.3 is 0 Å². The van der Waals surface area contributed by atoms with Gasteiger partial charge in [0.15, 0.2) is 0 Å². The van der Waals surface area contributed by atoms with Crippen LogP contribution in [-0.4, -0.2) is 13.9 Å². The lowest BCUT2D eigenvalue weighted by molar-refractivity contribution is 0.119. The van der Waals surface area contributed by atoms with Gasteiger partial charge in [-0.2, -0.15) is 0 Å². The zero-order chi connectivity index (χ0) is 19.0. The predicted molar refractivity (Wildman–Crippen MR) is 104 cm³/mol. The summed E-state index contributed by atoms with van der Waals surface area (Å²) in [6.45, 7) is 4.38. The van der Waals surface area contributed by atoms with Crippen molar-refractivity contribution in [2.75, 3.05) is 0 Å². The first-order valence-electron chi connectivity index (χ1n) is 9.38. The van der Waals surface area contributed by atoms with Crippen LogP contribution in [0.1, 0.15) is 25.0 Å². The molecule has 5 heteroatoms. The minimum Gasteiger partial charge on any atom is -0.246 e. The number of fused-ring (bicyclic) bond motifs is 4. The van der Waals surface area contributed by atoms with Gasteiger partial charge in [-0.1, -0.05) is 74.5 Å². The third kappa shape index (κ3) is 1.62. The number of nitrogens with zero attached hydrogens (tertiary/aromatic N) is 3. The standard InChI is InChI=1S/C22H23N3O2/c1-20(2)21(14-16-10-6-4-7-11-16)22(20,15-17-12-8-5-9-13-17)25-19(27)23(3)18(26)24(21)25/h4-13H,14-15H2,1-3H3/t21-,22+. The highest BCUT2D eigenvalue weighted by Gasteiger charge is 2.92. The van der Waals surface area contributed by atoms with Gasteiger partial charge in [-0.05, 0) is 11.1 Å². The average molecular weight is 361 g/mol. The van der Waals surface area contributed by atoms with Gasteiger partial charge >= 0.3 is 11.4 Å². The van der Waals surface area contributed by atoms with Gasteiger partial charge in [0.25, 0.3) is 0 Å². The predicted octanol–water partition coefficient (Wildman–Crippen LogP) is 2.28. The Morgan fingerprint density at radius 2 is 1.07 bits per heavy atom. The molecule has 1 saturated carbocycles. The molecule has 0 spiro atoms. The first-order valence-corrected chi connectivity index (χ1v) is 9.38. The van der Waals surface area contributed by atoms with E-state index in [2.05, 4.69) is 38.1 Å². The van der Waals surface area contributed by atoms with Gasteiger partial charge in [-0.15, -0.1) is 0 Å². The smallest absolute Gasteiger partial charge is 0.246 e. The van der Waals surface area contributed by atoms with E-state index in [0.29, 0.717) is 0 Å². The van der Waals surface area contributed by atoms with Crippen LogP contribution < -0.4 is 11.4 Å². The molecule has 2 heterocycles. The lowest BCUT2D eigenvalue weighted by Gasteiger charge is -2.38. The summed E-state index contributed by atoms with van der Waals surface area (Å²) in [6.07, 6.45) is 1.49. The molecule has 2 aromatic carbocycles. The Hall–Kier alpha value is -2.82. The highest BCUT2D eigenvalue weighted by atomic mass is 16.2. The van der Waals surface area contributed by atoms with Crippen molar-refractivity contribution in [3.8, 4) is 0 Å². The maximum atomic E-state index is 12.9. The minimum absolute atomic E-state index is 0.196. The first-order chi connectivity index (χ1) is 12.9. The van der Waals surface area contributed by atoms with Crippen LogP contribution >= 0.6 is 0 Å². The molecule has 5 rings (SSSR count). The van der Waals surface area contributed by atoms with Crippen LogP contribution in [0.4, 0.5) is 0 Å². The highest BCUT2D eigenvalue weighted by Crippen LogP contribution is 2.80. The summed E-state index contributed by atoms with van der Waals surface area (Å²) < 4.78 is 4.69. The third-order valence-corrected chi connectivity index (χ3v) is 7.15. The number of benzene rings is 2. The molecule has 0 N–H and O–H groups in total. The summed E-state index contributed by atoms with van der Waals surface area (Å²) in [5.41, 5.74) is 0.988. The Balaban J connectivity index is 1.73. The lowest BCUT2D eigenvalue weighted by atomic mass is 9.91. The first kappa shape index (κ1) is 16.4. The van der Waals surface area contributed by atoms with Crippen molar-refractivity contribution in [1.82, 2.24) is 13.9 Å². The van der Waals surface area contributed by atoms with Crippen molar-refractivity contribution in [3.05, 3.63) is 92.8 Å². The molecule has 3 aromatic rings. The molecular formula is C22H23N3O2. The summed E-state index contributed by atoms with van der Waals surface area (Å²) in [5.74, 6) is 0. The Bertz CT molecular complexity index is 1060. The molecule has 1 aromatic heterocycles. The van der Waals surface area contributed by atoms with E-state index < -0.39 is 0 Å². The van der Waals surface area contributed by atoms with Gasteiger partial charge in [-0.3, -0.25) is 0 Å². The van der Waals surface area contributed by atoms with Gasteiger partial charge in [0.1, 0.15) is 11.1 Å². The van der Waals surface area contributed by atoms with Gasteiger partial charge in [0, 0.05) is 25.3 Å². The molecule has 0 saturated heterocycles. The molecule has 0 bridgehead atoms. The number of hydrogen-bond acceptors (Lipinski definition) is 2. The fraction of sp³-hybridized carbons (Fsp3) is 0.364. The van der Waals surface area contributed by atoms with E-state index in [0.717, 1.165) is 12.8 Å². The average Bonchev–Trinajstić information content (AvgIpc) is 2.86. The van der Waals surface area contributed by atoms with Crippen molar-refractivity contribution in [1.29, 1.82) is 0 Å². The second kappa shape index (κ2) is 4.91. The van der Waals surface area contributed by atoms with Crippen molar-refractivity contribution in [3.63, 3.8) is 0 Å². The Kier molecular flexibility index (Phi) is 2.98. The largest absolute Gasteiger partial charge is 0.347 e. The Labute approximate surface area is 157 Å². The molecule has 0 unspecified atom stereocenters. The zero-order valence-corrected chi connectivity index (χ0v) is 15.8. The number of hydrogen-bond donors (Lipinski definition) is 0. The SMILES string of the molecule is Cn1c(=O)n2n(c1=O)[C@]1(Cc3ccccc3)C(C)(C)[C@]21Cc1ccccc1. The van der Waals surface area contributed by atoms with Crippen LogP contribution in [0.2, 0.25) is 0 Å². The van der Waals surface area contributed by atoms with Crippen LogP contribution in [0, 0.1) is 5.41 Å². The van der Waals surface area contributed by atoms with Crippen LogP contribution in [0.5, 0.6) is 0 Å². The summed E-state index contributed by atoms with van der Waals surface area (Å²) >= 11 is 0. The van der Waals surface area contributed by atoms with Crippen LogP contribution in [-0.2, 0) is 31.0 Å². The fourth-order valence-corrected chi connectivity index (χ4v) is 5.72. The zero-order valence-electron chi connectivity index (χ0n) is 15.8. The summed E-state index contributed by atoms with van der Waals surface area (Å²) in [6, 6.07) is 20.5. The number of aromatic nitrogens is 3. The summed E-state index contributed by atoms with van der Waals surface area (Å²) in [4.78, 5) is 25.8. The molecule has 5 nitrogen and oxygen atoms in total.